The van der Waals surface area contributed by atoms with E-state index in [4.69, 9.17) is 11.6 Å². The molecule has 2 aromatic heterocycles. The molecule has 0 fully saturated rings. The fourth-order valence-electron chi connectivity index (χ4n) is 2.75. The number of benzene rings is 1. The molecule has 1 aliphatic rings. The minimum absolute atomic E-state index is 0.399. The molecule has 4 rings (SSSR count). The van der Waals surface area contributed by atoms with Crippen molar-refractivity contribution in [2.24, 2.45) is 4.99 Å². The molecular weight excluding hydrogens is 358 g/mol. The molecule has 0 radical (unpaired) electrons. The monoisotopic (exact) mass is 373 g/mol. The predicted octanol–water partition coefficient (Wildman–Crippen LogP) is 4.75. The zero-order valence-electron chi connectivity index (χ0n) is 12.9. The smallest absolute Gasteiger partial charge is 0.157 e. The molecule has 1 unspecified atom stereocenters. The van der Waals surface area contributed by atoms with Crippen molar-refractivity contribution in [2.45, 2.75) is 18.2 Å². The number of rotatable bonds is 4. The third-order valence-electron chi connectivity index (χ3n) is 3.91. The summed E-state index contributed by atoms with van der Waals surface area (Å²) in [5, 5.41) is 6.20. The van der Waals surface area contributed by atoms with Gasteiger partial charge in [-0.25, -0.2) is 4.98 Å². The topological polar surface area (TPSA) is 37.3 Å². The van der Waals surface area contributed by atoms with Gasteiger partial charge in [0.25, 0.3) is 0 Å². The van der Waals surface area contributed by atoms with E-state index >= 15 is 0 Å². The van der Waals surface area contributed by atoms with E-state index in [-0.39, 0.29) is 0 Å². The van der Waals surface area contributed by atoms with Crippen LogP contribution in [0.3, 0.4) is 0 Å². The van der Waals surface area contributed by atoms with E-state index in [1.165, 1.54) is 15.1 Å². The Morgan fingerprint density at radius 2 is 2.12 bits per heavy atom. The molecule has 0 bridgehead atoms. The van der Waals surface area contributed by atoms with Crippen molar-refractivity contribution in [1.82, 2.24) is 10.3 Å². The highest BCUT2D eigenvalue weighted by molar-refractivity contribution is 8.13. The first kappa shape index (κ1) is 15.9. The first-order valence-corrected chi connectivity index (χ1v) is 9.96. The van der Waals surface area contributed by atoms with Crippen molar-refractivity contribution >= 4 is 50.0 Å². The summed E-state index contributed by atoms with van der Waals surface area (Å²) < 4.78 is 1.19. The third-order valence-corrected chi connectivity index (χ3v) is 6.47. The van der Waals surface area contributed by atoms with E-state index in [2.05, 4.69) is 51.7 Å². The van der Waals surface area contributed by atoms with Gasteiger partial charge < -0.3 is 5.32 Å². The molecule has 0 spiro atoms. The van der Waals surface area contributed by atoms with Crippen LogP contribution >= 0.6 is 34.7 Å². The summed E-state index contributed by atoms with van der Waals surface area (Å²) in [5.74, 6) is 0.902. The van der Waals surface area contributed by atoms with Crippen LogP contribution in [-0.2, 0) is 12.2 Å². The van der Waals surface area contributed by atoms with E-state index < -0.39 is 0 Å². The Bertz CT molecular complexity index is 876. The summed E-state index contributed by atoms with van der Waals surface area (Å²) >= 11 is 9.67. The summed E-state index contributed by atoms with van der Waals surface area (Å²) in [6.45, 7) is 0.847. The van der Waals surface area contributed by atoms with Gasteiger partial charge in [-0.05, 0) is 24.1 Å². The third kappa shape index (κ3) is 3.58. The minimum Gasteiger partial charge on any atom is -0.360 e. The summed E-state index contributed by atoms with van der Waals surface area (Å²) in [6.07, 6.45) is 2.77. The van der Waals surface area contributed by atoms with Crippen molar-refractivity contribution < 1.29 is 0 Å². The summed E-state index contributed by atoms with van der Waals surface area (Å²) in [6, 6.07) is 15.1. The maximum Gasteiger partial charge on any atom is 0.157 e. The van der Waals surface area contributed by atoms with Crippen LogP contribution in [0.15, 0.2) is 53.7 Å². The van der Waals surface area contributed by atoms with Gasteiger partial charge in [-0.15, -0.1) is 11.3 Å². The highest BCUT2D eigenvalue weighted by Gasteiger charge is 2.18. The molecule has 0 saturated heterocycles. The van der Waals surface area contributed by atoms with Crippen LogP contribution in [0.4, 0.5) is 0 Å². The molecule has 3 aromatic rings. The van der Waals surface area contributed by atoms with Gasteiger partial charge in [0.15, 0.2) is 5.17 Å². The molecule has 6 heteroatoms. The molecule has 3 heterocycles. The molecule has 1 N–H and O–H groups in total. The van der Waals surface area contributed by atoms with Crippen LogP contribution in [0.2, 0.25) is 5.15 Å². The van der Waals surface area contributed by atoms with Gasteiger partial charge in [0.1, 0.15) is 5.15 Å². The van der Waals surface area contributed by atoms with E-state index in [1.807, 2.05) is 6.07 Å². The molecular formula is C18H16ClN3S2. The van der Waals surface area contributed by atoms with Gasteiger partial charge in [-0.2, -0.15) is 0 Å². The maximum atomic E-state index is 6.15. The lowest BCUT2D eigenvalue weighted by atomic mass is 10.1. The van der Waals surface area contributed by atoms with Crippen molar-refractivity contribution in [3.8, 4) is 0 Å². The first-order chi connectivity index (χ1) is 11.8. The fourth-order valence-corrected chi connectivity index (χ4v) is 5.07. The summed E-state index contributed by atoms with van der Waals surface area (Å²) in [7, 11) is 0. The Hall–Kier alpha value is -1.56. The number of nitrogens with zero attached hydrogens (tertiary/aromatic N) is 2. The quantitative estimate of drug-likeness (QED) is 0.670. The largest absolute Gasteiger partial charge is 0.360 e. The number of nitrogens with one attached hydrogen (secondary N) is 1. The first-order valence-electron chi connectivity index (χ1n) is 7.78. The van der Waals surface area contributed by atoms with Crippen LogP contribution in [-0.4, -0.2) is 22.7 Å². The lowest BCUT2D eigenvalue weighted by molar-refractivity contribution is 0.656. The van der Waals surface area contributed by atoms with E-state index in [9.17, 15) is 0 Å². The molecule has 122 valence electrons. The highest BCUT2D eigenvalue weighted by Crippen LogP contribution is 2.32. The lowest BCUT2D eigenvalue weighted by Crippen LogP contribution is -2.30. The zero-order chi connectivity index (χ0) is 16.4. The second-order valence-electron chi connectivity index (χ2n) is 5.69. The SMILES string of the molecule is Clc1nccc2sc(CSC3=NCC(Cc4ccccc4)N3)cc12. The Balaban J connectivity index is 1.34. The average Bonchev–Trinajstić information content (AvgIpc) is 3.21. The van der Waals surface area contributed by atoms with Crippen LogP contribution in [0.5, 0.6) is 0 Å². The van der Waals surface area contributed by atoms with Gasteiger partial charge >= 0.3 is 0 Å². The van der Waals surface area contributed by atoms with Crippen LogP contribution < -0.4 is 5.32 Å². The summed E-state index contributed by atoms with van der Waals surface area (Å²) in [5.41, 5.74) is 1.35. The average molecular weight is 374 g/mol. The second kappa shape index (κ2) is 7.13. The van der Waals surface area contributed by atoms with Crippen LogP contribution in [0.1, 0.15) is 10.4 Å². The number of thioether (sulfide) groups is 1. The molecule has 1 aromatic carbocycles. The van der Waals surface area contributed by atoms with Crippen molar-refractivity contribution in [3.63, 3.8) is 0 Å². The van der Waals surface area contributed by atoms with Crippen molar-refractivity contribution in [1.29, 1.82) is 0 Å². The number of aliphatic imine (C=N–C) groups is 1. The molecule has 0 saturated carbocycles. The van der Waals surface area contributed by atoms with Crippen molar-refractivity contribution in [3.05, 3.63) is 64.3 Å². The normalized spacial score (nSPS) is 17.0. The molecule has 3 nitrogen and oxygen atoms in total. The molecule has 0 aliphatic carbocycles. The van der Waals surface area contributed by atoms with E-state index in [1.54, 1.807) is 29.3 Å². The number of aromatic nitrogens is 1. The molecule has 1 atom stereocenters. The number of pyridine rings is 1. The van der Waals surface area contributed by atoms with E-state index in [0.717, 1.165) is 29.3 Å². The number of hydrogen-bond donors (Lipinski definition) is 1. The minimum atomic E-state index is 0.399. The number of thiophene rings is 1. The van der Waals surface area contributed by atoms with Gasteiger partial charge in [-0.1, -0.05) is 53.7 Å². The Morgan fingerprint density at radius 3 is 2.96 bits per heavy atom. The Labute approximate surface area is 154 Å². The predicted molar refractivity (Wildman–Crippen MR) is 105 cm³/mol. The number of halogens is 1. The van der Waals surface area contributed by atoms with Crippen molar-refractivity contribution in [2.75, 3.05) is 6.54 Å². The van der Waals surface area contributed by atoms with Gasteiger partial charge in [-0.3, -0.25) is 4.99 Å². The Kier molecular flexibility index (Phi) is 4.74. The molecule has 24 heavy (non-hydrogen) atoms. The van der Waals surface area contributed by atoms with Crippen LogP contribution in [0, 0.1) is 0 Å². The van der Waals surface area contributed by atoms with Gasteiger partial charge in [0, 0.05) is 26.9 Å². The van der Waals surface area contributed by atoms with Crippen LogP contribution in [0.25, 0.3) is 10.1 Å². The lowest BCUT2D eigenvalue weighted by Gasteiger charge is -2.11. The maximum absolute atomic E-state index is 6.15. The zero-order valence-corrected chi connectivity index (χ0v) is 15.3. The number of amidine groups is 1. The number of hydrogen-bond acceptors (Lipinski definition) is 5. The standard InChI is InChI=1S/C18H16ClN3S2/c19-17-15-9-14(24-16(15)6-7-20-17)11-23-18-21-10-13(22-18)8-12-4-2-1-3-5-12/h1-7,9,13H,8,10-11H2,(H,21,22). The van der Waals surface area contributed by atoms with Gasteiger partial charge in [0.2, 0.25) is 0 Å². The second-order valence-corrected chi connectivity index (χ2v) is 8.18. The van der Waals surface area contributed by atoms with Gasteiger partial charge in [0.05, 0.1) is 12.6 Å². The summed E-state index contributed by atoms with van der Waals surface area (Å²) in [4.78, 5) is 10.1. The highest BCUT2D eigenvalue weighted by atomic mass is 35.5. The Morgan fingerprint density at radius 1 is 1.25 bits per heavy atom. The molecule has 1 aliphatic heterocycles. The molecule has 0 amide bonds. The number of fused-ring (bicyclic) bond motifs is 1. The van der Waals surface area contributed by atoms with E-state index in [0.29, 0.717) is 11.2 Å². The fraction of sp³-hybridized carbons (Fsp3) is 0.222.